The molecule has 0 aliphatic heterocycles. The molecule has 0 spiro atoms. The molecule has 1 N–H and O–H groups in total. The molecule has 0 fully saturated rings. The molecular formula is C7H9N5OS. The van der Waals surface area contributed by atoms with Crippen LogP contribution in [0.5, 0.6) is 0 Å². The first-order valence-electron chi connectivity index (χ1n) is 4.08. The average molecular weight is 211 g/mol. The van der Waals surface area contributed by atoms with Gasteiger partial charge in [0, 0.05) is 0 Å². The minimum Gasteiger partial charge on any atom is -0.338 e. The van der Waals surface area contributed by atoms with Crippen LogP contribution in [0.2, 0.25) is 0 Å². The van der Waals surface area contributed by atoms with Crippen LogP contribution in [-0.2, 0) is 0 Å². The van der Waals surface area contributed by atoms with E-state index in [-0.39, 0.29) is 5.25 Å². The van der Waals surface area contributed by atoms with Crippen molar-refractivity contribution >= 4 is 11.8 Å². The van der Waals surface area contributed by atoms with Crippen molar-refractivity contribution in [1.29, 1.82) is 0 Å². The van der Waals surface area contributed by atoms with Crippen LogP contribution < -0.4 is 0 Å². The van der Waals surface area contributed by atoms with Crippen LogP contribution >= 0.6 is 11.8 Å². The zero-order chi connectivity index (χ0) is 9.97. The normalized spacial score (nSPS) is 13.0. The molecule has 0 aromatic carbocycles. The van der Waals surface area contributed by atoms with Gasteiger partial charge >= 0.3 is 0 Å². The number of aromatic nitrogens is 5. The van der Waals surface area contributed by atoms with Crippen LogP contribution in [0.25, 0.3) is 0 Å². The van der Waals surface area contributed by atoms with Gasteiger partial charge < -0.3 is 4.52 Å². The molecule has 14 heavy (non-hydrogen) atoms. The van der Waals surface area contributed by atoms with Crippen molar-refractivity contribution in [3.8, 4) is 0 Å². The predicted molar refractivity (Wildman–Crippen MR) is 49.7 cm³/mol. The summed E-state index contributed by atoms with van der Waals surface area (Å²) in [4.78, 5) is 8.13. The lowest BCUT2D eigenvalue weighted by Gasteiger charge is -2.01. The molecular weight excluding hydrogens is 202 g/mol. The van der Waals surface area contributed by atoms with Gasteiger partial charge in [0.1, 0.15) is 6.33 Å². The highest BCUT2D eigenvalue weighted by atomic mass is 32.2. The van der Waals surface area contributed by atoms with Gasteiger partial charge in [-0.3, -0.25) is 5.10 Å². The molecule has 74 valence electrons. The van der Waals surface area contributed by atoms with Crippen LogP contribution in [0, 0.1) is 6.92 Å². The fraction of sp³-hybridized carbons (Fsp3) is 0.429. The van der Waals surface area contributed by atoms with Crippen LogP contribution in [0.3, 0.4) is 0 Å². The van der Waals surface area contributed by atoms with Crippen LogP contribution in [0.1, 0.15) is 23.9 Å². The summed E-state index contributed by atoms with van der Waals surface area (Å²) in [5, 5.41) is 11.0. The van der Waals surface area contributed by atoms with Crippen LogP contribution in [0.15, 0.2) is 16.0 Å². The number of hydrogen-bond acceptors (Lipinski definition) is 6. The van der Waals surface area contributed by atoms with E-state index in [1.807, 2.05) is 6.92 Å². The van der Waals surface area contributed by atoms with Crippen molar-refractivity contribution in [3.05, 3.63) is 18.0 Å². The SMILES string of the molecule is Cc1noc([C@H](C)Sc2ncn[nH]2)n1. The summed E-state index contributed by atoms with van der Waals surface area (Å²) in [7, 11) is 0. The van der Waals surface area contributed by atoms with E-state index < -0.39 is 0 Å². The number of H-pyrrole nitrogens is 1. The highest BCUT2D eigenvalue weighted by Crippen LogP contribution is 2.30. The largest absolute Gasteiger partial charge is 0.338 e. The Labute approximate surface area is 84.5 Å². The highest BCUT2D eigenvalue weighted by molar-refractivity contribution is 7.99. The monoisotopic (exact) mass is 211 g/mol. The summed E-state index contributed by atoms with van der Waals surface area (Å²) in [6.45, 7) is 3.76. The second-order valence-electron chi connectivity index (χ2n) is 2.73. The zero-order valence-electron chi connectivity index (χ0n) is 7.76. The number of aryl methyl sites for hydroxylation is 1. The first kappa shape index (κ1) is 9.20. The number of nitrogens with one attached hydrogen (secondary N) is 1. The van der Waals surface area contributed by atoms with Gasteiger partial charge in [0.25, 0.3) is 0 Å². The van der Waals surface area contributed by atoms with Crippen molar-refractivity contribution < 1.29 is 4.52 Å². The Balaban J connectivity index is 2.06. The third kappa shape index (κ3) is 1.92. The quantitative estimate of drug-likeness (QED) is 0.772. The van der Waals surface area contributed by atoms with E-state index in [0.717, 1.165) is 5.16 Å². The number of rotatable bonds is 3. The predicted octanol–water partition coefficient (Wildman–Crippen LogP) is 1.35. The summed E-state index contributed by atoms with van der Waals surface area (Å²) in [6.07, 6.45) is 1.47. The van der Waals surface area contributed by atoms with Gasteiger partial charge in [-0.15, -0.1) is 0 Å². The molecule has 0 saturated heterocycles. The lowest BCUT2D eigenvalue weighted by atomic mass is 10.5. The number of hydrogen-bond donors (Lipinski definition) is 1. The van der Waals surface area contributed by atoms with E-state index in [1.54, 1.807) is 6.92 Å². The van der Waals surface area contributed by atoms with Gasteiger partial charge in [-0.05, 0) is 13.8 Å². The van der Waals surface area contributed by atoms with Gasteiger partial charge in [0.05, 0.1) is 5.25 Å². The van der Waals surface area contributed by atoms with Gasteiger partial charge in [0.15, 0.2) is 11.0 Å². The third-order valence-electron chi connectivity index (χ3n) is 1.57. The lowest BCUT2D eigenvalue weighted by molar-refractivity contribution is 0.376. The minimum atomic E-state index is 0.0733. The summed E-state index contributed by atoms with van der Waals surface area (Å²) < 4.78 is 5.03. The molecule has 0 amide bonds. The summed E-state index contributed by atoms with van der Waals surface area (Å²) in [5.41, 5.74) is 0. The fourth-order valence-electron chi connectivity index (χ4n) is 0.947. The Morgan fingerprint density at radius 2 is 2.43 bits per heavy atom. The fourth-order valence-corrected chi connectivity index (χ4v) is 1.69. The second kappa shape index (κ2) is 3.79. The summed E-state index contributed by atoms with van der Waals surface area (Å²) >= 11 is 1.49. The van der Waals surface area contributed by atoms with Crippen molar-refractivity contribution in [2.75, 3.05) is 0 Å². The molecule has 0 aliphatic carbocycles. The van der Waals surface area contributed by atoms with E-state index >= 15 is 0 Å². The van der Waals surface area contributed by atoms with Crippen molar-refractivity contribution in [1.82, 2.24) is 25.3 Å². The Morgan fingerprint density at radius 1 is 1.57 bits per heavy atom. The van der Waals surface area contributed by atoms with Crippen molar-refractivity contribution in [2.24, 2.45) is 0 Å². The first-order chi connectivity index (χ1) is 6.75. The molecule has 0 unspecified atom stereocenters. The van der Waals surface area contributed by atoms with E-state index in [4.69, 9.17) is 4.52 Å². The Kier molecular flexibility index (Phi) is 2.49. The highest BCUT2D eigenvalue weighted by Gasteiger charge is 2.15. The molecule has 2 aromatic rings. The summed E-state index contributed by atoms with van der Waals surface area (Å²) in [6, 6.07) is 0. The Hall–Kier alpha value is -1.37. The second-order valence-corrected chi connectivity index (χ2v) is 4.06. The molecule has 6 nitrogen and oxygen atoms in total. The Morgan fingerprint density at radius 3 is 3.00 bits per heavy atom. The molecule has 2 rings (SSSR count). The first-order valence-corrected chi connectivity index (χ1v) is 4.96. The molecule has 0 radical (unpaired) electrons. The topological polar surface area (TPSA) is 80.5 Å². The molecule has 2 aromatic heterocycles. The molecule has 2 heterocycles. The minimum absolute atomic E-state index is 0.0733. The van der Waals surface area contributed by atoms with Gasteiger partial charge in [-0.2, -0.15) is 10.1 Å². The molecule has 1 atom stereocenters. The third-order valence-corrected chi connectivity index (χ3v) is 2.55. The van der Waals surface area contributed by atoms with Crippen molar-refractivity contribution in [3.63, 3.8) is 0 Å². The average Bonchev–Trinajstić information content (AvgIpc) is 2.75. The maximum Gasteiger partial charge on any atom is 0.239 e. The van der Waals surface area contributed by atoms with E-state index in [2.05, 4.69) is 25.3 Å². The van der Waals surface area contributed by atoms with E-state index in [1.165, 1.54) is 18.1 Å². The summed E-state index contributed by atoms with van der Waals surface area (Å²) in [5.74, 6) is 1.24. The van der Waals surface area contributed by atoms with Gasteiger partial charge in [0.2, 0.25) is 5.89 Å². The maximum absolute atomic E-state index is 5.03. The molecule has 7 heteroatoms. The smallest absolute Gasteiger partial charge is 0.239 e. The van der Waals surface area contributed by atoms with Gasteiger partial charge in [-0.1, -0.05) is 16.9 Å². The molecule has 0 bridgehead atoms. The van der Waals surface area contributed by atoms with Crippen LogP contribution in [-0.4, -0.2) is 25.3 Å². The van der Waals surface area contributed by atoms with E-state index in [9.17, 15) is 0 Å². The number of nitrogens with zero attached hydrogens (tertiary/aromatic N) is 4. The standard InChI is InChI=1S/C7H9N5OS/c1-4(6-10-5(2)12-13-6)14-7-8-3-9-11-7/h3-4H,1-2H3,(H,8,9,11)/t4-/m0/s1. The van der Waals surface area contributed by atoms with Gasteiger partial charge in [-0.25, -0.2) is 4.98 Å². The number of aromatic amines is 1. The number of thioether (sulfide) groups is 1. The van der Waals surface area contributed by atoms with Crippen molar-refractivity contribution in [2.45, 2.75) is 24.3 Å². The molecule has 0 saturated carbocycles. The Bertz CT molecular complexity index is 398. The maximum atomic E-state index is 5.03. The van der Waals surface area contributed by atoms with E-state index in [0.29, 0.717) is 11.7 Å². The van der Waals surface area contributed by atoms with Crippen LogP contribution in [0.4, 0.5) is 0 Å². The zero-order valence-corrected chi connectivity index (χ0v) is 8.58. The lowest BCUT2D eigenvalue weighted by Crippen LogP contribution is -1.89. The molecule has 0 aliphatic rings.